The Hall–Kier alpha value is -1.33. The van der Waals surface area contributed by atoms with Gasteiger partial charge in [-0.15, -0.1) is 0 Å². The molecule has 0 aliphatic carbocycles. The second-order valence-corrected chi connectivity index (χ2v) is 4.15. The fourth-order valence-corrected chi connectivity index (χ4v) is 1.70. The summed E-state index contributed by atoms with van der Waals surface area (Å²) in [7, 11) is 0. The molecule has 1 aliphatic heterocycles. The molecule has 0 fully saturated rings. The van der Waals surface area contributed by atoms with Gasteiger partial charge in [-0.2, -0.15) is 5.10 Å². The molecule has 1 aromatic rings. The predicted octanol–water partition coefficient (Wildman–Crippen LogP) is 1.66. The lowest BCUT2D eigenvalue weighted by Crippen LogP contribution is -2.27. The summed E-state index contributed by atoms with van der Waals surface area (Å²) in [5, 5.41) is 4.91. The van der Waals surface area contributed by atoms with E-state index in [9.17, 15) is 0 Å². The Labute approximate surface area is 103 Å². The molecule has 0 saturated carbocycles. The van der Waals surface area contributed by atoms with E-state index in [1.165, 1.54) is 0 Å². The minimum absolute atomic E-state index is 0.141. The summed E-state index contributed by atoms with van der Waals surface area (Å²) in [4.78, 5) is 0. The van der Waals surface area contributed by atoms with Crippen LogP contribution in [-0.2, 0) is 0 Å². The zero-order chi connectivity index (χ0) is 11.5. The Kier molecular flexibility index (Phi) is 3.26. The van der Waals surface area contributed by atoms with Gasteiger partial charge in [-0.3, -0.25) is 5.43 Å². The topological polar surface area (TPSA) is 59.6 Å². The van der Waals surface area contributed by atoms with Gasteiger partial charge >= 0.3 is 0 Å². The molecule has 84 valence electrons. The van der Waals surface area contributed by atoms with Gasteiger partial charge in [0.15, 0.2) is 5.11 Å². The highest BCUT2D eigenvalue weighted by atomic mass is 35.5. The average molecular weight is 256 g/mol. The monoisotopic (exact) mass is 255 g/mol. The van der Waals surface area contributed by atoms with Crippen LogP contribution in [0, 0.1) is 0 Å². The summed E-state index contributed by atoms with van der Waals surface area (Å²) in [6, 6.07) is 5.42. The van der Waals surface area contributed by atoms with Crippen LogP contribution in [0.5, 0.6) is 5.75 Å². The Morgan fingerprint density at radius 1 is 1.56 bits per heavy atom. The SMILES string of the molecule is NC(=S)N/N=C1/CCOc2ccc(Cl)cc21. The smallest absolute Gasteiger partial charge is 0.184 e. The normalized spacial score (nSPS) is 16.4. The van der Waals surface area contributed by atoms with Crippen molar-refractivity contribution in [3.63, 3.8) is 0 Å². The van der Waals surface area contributed by atoms with Crippen LogP contribution < -0.4 is 15.9 Å². The second kappa shape index (κ2) is 4.67. The van der Waals surface area contributed by atoms with Crippen LogP contribution in [0.4, 0.5) is 0 Å². The minimum Gasteiger partial charge on any atom is -0.492 e. The molecule has 1 aromatic carbocycles. The molecule has 0 bridgehead atoms. The minimum atomic E-state index is 0.141. The maximum absolute atomic E-state index is 5.92. The van der Waals surface area contributed by atoms with E-state index in [4.69, 9.17) is 34.3 Å². The first kappa shape index (κ1) is 11.2. The fraction of sp³-hybridized carbons (Fsp3) is 0.200. The Balaban J connectivity index is 2.35. The van der Waals surface area contributed by atoms with Crippen molar-refractivity contribution in [1.29, 1.82) is 0 Å². The van der Waals surface area contributed by atoms with Crippen molar-refractivity contribution in [3.05, 3.63) is 28.8 Å². The summed E-state index contributed by atoms with van der Waals surface area (Å²) in [6.45, 7) is 0.590. The third-order valence-electron chi connectivity index (χ3n) is 2.15. The number of thiocarbonyl (C=S) groups is 1. The van der Waals surface area contributed by atoms with Gasteiger partial charge in [0.05, 0.1) is 12.3 Å². The molecular weight excluding hydrogens is 246 g/mol. The summed E-state index contributed by atoms with van der Waals surface area (Å²) in [6.07, 6.45) is 0.697. The number of fused-ring (bicyclic) bond motifs is 1. The maximum Gasteiger partial charge on any atom is 0.184 e. The highest BCUT2D eigenvalue weighted by molar-refractivity contribution is 7.80. The number of hydrogen-bond acceptors (Lipinski definition) is 3. The zero-order valence-electron chi connectivity index (χ0n) is 8.37. The first-order valence-electron chi connectivity index (χ1n) is 4.71. The van der Waals surface area contributed by atoms with Gasteiger partial charge in [-0.25, -0.2) is 0 Å². The van der Waals surface area contributed by atoms with Crippen molar-refractivity contribution in [2.45, 2.75) is 6.42 Å². The van der Waals surface area contributed by atoms with Gasteiger partial charge in [-0.1, -0.05) is 11.6 Å². The second-order valence-electron chi connectivity index (χ2n) is 3.27. The van der Waals surface area contributed by atoms with Crippen molar-refractivity contribution in [2.24, 2.45) is 10.8 Å². The molecule has 0 amide bonds. The van der Waals surface area contributed by atoms with Gasteiger partial charge in [0, 0.05) is 17.0 Å². The van der Waals surface area contributed by atoms with Crippen LogP contribution in [0.3, 0.4) is 0 Å². The average Bonchev–Trinajstić information content (AvgIpc) is 2.26. The molecule has 0 saturated heterocycles. The standard InChI is InChI=1S/C10H10ClN3OS/c11-6-1-2-9-7(5-6)8(3-4-15-9)13-14-10(12)16/h1-2,5H,3-4H2,(H3,12,14,16)/b13-8-. The summed E-state index contributed by atoms with van der Waals surface area (Å²) in [5.74, 6) is 0.777. The number of benzene rings is 1. The first-order valence-corrected chi connectivity index (χ1v) is 5.50. The number of hydrogen-bond donors (Lipinski definition) is 2. The Morgan fingerprint density at radius 2 is 2.38 bits per heavy atom. The van der Waals surface area contributed by atoms with Gasteiger partial charge in [0.25, 0.3) is 0 Å². The van der Waals surface area contributed by atoms with Crippen LogP contribution in [0.25, 0.3) is 0 Å². The number of rotatable bonds is 1. The largest absolute Gasteiger partial charge is 0.492 e. The third kappa shape index (κ3) is 2.43. The lowest BCUT2D eigenvalue weighted by Gasteiger charge is -2.19. The van der Waals surface area contributed by atoms with Gasteiger partial charge in [0.2, 0.25) is 0 Å². The first-order chi connectivity index (χ1) is 7.66. The molecule has 4 nitrogen and oxygen atoms in total. The molecule has 0 spiro atoms. The highest BCUT2D eigenvalue weighted by Gasteiger charge is 2.17. The zero-order valence-corrected chi connectivity index (χ0v) is 9.94. The molecular formula is C10H10ClN3OS. The number of nitrogens with one attached hydrogen (secondary N) is 1. The Morgan fingerprint density at radius 3 is 3.12 bits per heavy atom. The number of nitrogens with two attached hydrogens (primary N) is 1. The van der Waals surface area contributed by atoms with Crippen LogP contribution in [-0.4, -0.2) is 17.4 Å². The molecule has 1 aliphatic rings. The van der Waals surface area contributed by atoms with E-state index < -0.39 is 0 Å². The maximum atomic E-state index is 5.92. The van der Waals surface area contributed by atoms with Crippen LogP contribution >= 0.6 is 23.8 Å². The number of nitrogens with zero attached hydrogens (tertiary/aromatic N) is 1. The number of hydrazone groups is 1. The molecule has 1 heterocycles. The van der Waals surface area contributed by atoms with Gasteiger partial charge in [-0.05, 0) is 30.4 Å². The Bertz CT molecular complexity index is 461. The molecule has 2 rings (SSSR count). The lowest BCUT2D eigenvalue weighted by molar-refractivity contribution is 0.320. The molecule has 0 unspecified atom stereocenters. The molecule has 0 atom stereocenters. The van der Waals surface area contributed by atoms with E-state index in [0.29, 0.717) is 18.1 Å². The molecule has 6 heteroatoms. The number of halogens is 1. The van der Waals surface area contributed by atoms with E-state index in [1.54, 1.807) is 6.07 Å². The third-order valence-corrected chi connectivity index (χ3v) is 2.48. The predicted molar refractivity (Wildman–Crippen MR) is 68.0 cm³/mol. The van der Waals surface area contributed by atoms with E-state index >= 15 is 0 Å². The highest BCUT2D eigenvalue weighted by Crippen LogP contribution is 2.27. The van der Waals surface area contributed by atoms with E-state index in [1.807, 2.05) is 12.1 Å². The van der Waals surface area contributed by atoms with Crippen molar-refractivity contribution in [1.82, 2.24) is 5.43 Å². The van der Waals surface area contributed by atoms with Crippen LogP contribution in [0.15, 0.2) is 23.3 Å². The van der Waals surface area contributed by atoms with E-state index in [2.05, 4.69) is 10.5 Å². The molecule has 0 aromatic heterocycles. The summed E-state index contributed by atoms with van der Waals surface area (Å²) in [5.41, 5.74) is 9.61. The van der Waals surface area contributed by atoms with Gasteiger partial charge < -0.3 is 10.5 Å². The lowest BCUT2D eigenvalue weighted by atomic mass is 10.0. The summed E-state index contributed by atoms with van der Waals surface area (Å²) < 4.78 is 5.48. The quantitative estimate of drug-likeness (QED) is 0.592. The molecule has 16 heavy (non-hydrogen) atoms. The van der Waals surface area contributed by atoms with Crippen LogP contribution in [0.1, 0.15) is 12.0 Å². The number of ether oxygens (including phenoxy) is 1. The fourth-order valence-electron chi connectivity index (χ4n) is 1.48. The molecule has 3 N–H and O–H groups in total. The molecule has 0 radical (unpaired) electrons. The van der Waals surface area contributed by atoms with Crippen molar-refractivity contribution in [2.75, 3.05) is 6.61 Å². The van der Waals surface area contributed by atoms with Gasteiger partial charge in [0.1, 0.15) is 5.75 Å². The van der Waals surface area contributed by atoms with Crippen LogP contribution in [0.2, 0.25) is 5.02 Å². The summed E-state index contributed by atoms with van der Waals surface area (Å²) >= 11 is 10.6. The van der Waals surface area contributed by atoms with E-state index in [0.717, 1.165) is 17.0 Å². The van der Waals surface area contributed by atoms with Crippen molar-refractivity contribution < 1.29 is 4.74 Å². The van der Waals surface area contributed by atoms with E-state index in [-0.39, 0.29) is 5.11 Å². The van der Waals surface area contributed by atoms with Crippen molar-refractivity contribution in [3.8, 4) is 5.75 Å². The van der Waals surface area contributed by atoms with Crippen molar-refractivity contribution >= 4 is 34.6 Å².